The molecule has 170 valence electrons. The van der Waals surface area contributed by atoms with Crippen LogP contribution in [-0.4, -0.2) is 43.0 Å². The Balaban J connectivity index is 1.90. The van der Waals surface area contributed by atoms with Crippen molar-refractivity contribution in [2.75, 3.05) is 21.3 Å². The number of furan rings is 1. The number of amides is 1. The highest BCUT2D eigenvalue weighted by atomic mass is 16.5. The van der Waals surface area contributed by atoms with E-state index in [-0.39, 0.29) is 17.9 Å². The number of hydrogen-bond donors (Lipinski definition) is 1. The third-order valence-corrected chi connectivity index (χ3v) is 5.54. The monoisotopic (exact) mass is 449 g/mol. The first-order valence-corrected chi connectivity index (χ1v) is 10.2. The number of nitrogens with zero attached hydrogens (tertiary/aromatic N) is 1. The molecule has 1 amide bonds. The van der Waals surface area contributed by atoms with Crippen molar-refractivity contribution in [1.29, 1.82) is 0 Å². The topological polar surface area (TPSA) is 98.4 Å². The van der Waals surface area contributed by atoms with Crippen LogP contribution in [0.2, 0.25) is 0 Å². The normalized spacial score (nSPS) is 17.3. The second kappa shape index (κ2) is 9.12. The molecule has 1 saturated heterocycles. The maximum atomic E-state index is 13.2. The second-order valence-corrected chi connectivity index (χ2v) is 7.34. The van der Waals surface area contributed by atoms with Gasteiger partial charge in [0, 0.05) is 17.2 Å². The van der Waals surface area contributed by atoms with Crippen LogP contribution < -0.4 is 14.2 Å². The van der Waals surface area contributed by atoms with Gasteiger partial charge >= 0.3 is 0 Å². The van der Waals surface area contributed by atoms with Crippen molar-refractivity contribution in [1.82, 2.24) is 4.90 Å². The fourth-order valence-electron chi connectivity index (χ4n) is 3.89. The number of benzene rings is 2. The number of aliphatic hydroxyl groups excluding tert-OH is 1. The Kier molecular flexibility index (Phi) is 6.08. The first kappa shape index (κ1) is 22.0. The van der Waals surface area contributed by atoms with Crippen molar-refractivity contribution in [3.8, 4) is 17.2 Å². The maximum Gasteiger partial charge on any atom is 0.296 e. The molecule has 4 rings (SSSR count). The van der Waals surface area contributed by atoms with Crippen molar-refractivity contribution in [2.24, 2.45) is 0 Å². The minimum absolute atomic E-state index is 0.0385. The lowest BCUT2D eigenvalue weighted by Gasteiger charge is -2.26. The fourth-order valence-corrected chi connectivity index (χ4v) is 3.89. The Hall–Kier alpha value is -4.20. The van der Waals surface area contributed by atoms with Crippen LogP contribution in [0.15, 0.2) is 70.9 Å². The van der Waals surface area contributed by atoms with Crippen LogP contribution in [0.3, 0.4) is 0 Å². The lowest BCUT2D eigenvalue weighted by molar-refractivity contribution is -0.140. The van der Waals surface area contributed by atoms with E-state index in [1.165, 1.54) is 32.5 Å². The summed E-state index contributed by atoms with van der Waals surface area (Å²) < 4.78 is 21.4. The number of methoxy groups -OCH3 is 3. The maximum absolute atomic E-state index is 13.2. The predicted octanol–water partition coefficient (Wildman–Crippen LogP) is 3.93. The van der Waals surface area contributed by atoms with E-state index >= 15 is 0 Å². The summed E-state index contributed by atoms with van der Waals surface area (Å²) in [4.78, 5) is 27.6. The lowest BCUT2D eigenvalue weighted by atomic mass is 9.94. The summed E-state index contributed by atoms with van der Waals surface area (Å²) in [6.45, 7) is 0.0385. The molecule has 33 heavy (non-hydrogen) atoms. The van der Waals surface area contributed by atoms with Gasteiger partial charge in [-0.3, -0.25) is 9.59 Å². The van der Waals surface area contributed by atoms with Crippen molar-refractivity contribution in [3.63, 3.8) is 0 Å². The molecule has 1 N–H and O–H groups in total. The third-order valence-electron chi connectivity index (χ3n) is 5.54. The molecule has 1 aliphatic heterocycles. The van der Waals surface area contributed by atoms with Gasteiger partial charge in [0.25, 0.3) is 11.7 Å². The van der Waals surface area contributed by atoms with Crippen LogP contribution >= 0.6 is 0 Å². The van der Waals surface area contributed by atoms with Crippen molar-refractivity contribution in [3.05, 3.63) is 83.3 Å². The van der Waals surface area contributed by atoms with Gasteiger partial charge in [-0.05, 0) is 48.5 Å². The molecule has 2 aromatic carbocycles. The van der Waals surface area contributed by atoms with E-state index in [1.54, 1.807) is 54.6 Å². The molecule has 0 radical (unpaired) electrons. The summed E-state index contributed by atoms with van der Waals surface area (Å²) in [5.74, 6) is 0.222. The number of hydrogen-bond acceptors (Lipinski definition) is 7. The SMILES string of the molecule is COc1ccc(/C(O)=C2\C(=O)C(=O)N(Cc3ccco3)[C@H]2c2ccc(OC)cc2OC)cc1. The molecule has 8 nitrogen and oxygen atoms in total. The molecular weight excluding hydrogens is 426 g/mol. The Morgan fingerprint density at radius 1 is 0.970 bits per heavy atom. The predicted molar refractivity (Wildman–Crippen MR) is 119 cm³/mol. The van der Waals surface area contributed by atoms with Gasteiger partial charge in [0.05, 0.1) is 45.8 Å². The van der Waals surface area contributed by atoms with Crippen molar-refractivity contribution in [2.45, 2.75) is 12.6 Å². The van der Waals surface area contributed by atoms with Crippen LogP contribution in [-0.2, 0) is 16.1 Å². The first-order chi connectivity index (χ1) is 16.0. The molecule has 0 aliphatic carbocycles. The van der Waals surface area contributed by atoms with E-state index in [4.69, 9.17) is 18.6 Å². The number of aliphatic hydroxyl groups is 1. The molecule has 0 unspecified atom stereocenters. The van der Waals surface area contributed by atoms with E-state index in [9.17, 15) is 14.7 Å². The van der Waals surface area contributed by atoms with Crippen molar-refractivity contribution >= 4 is 17.4 Å². The summed E-state index contributed by atoms with van der Waals surface area (Å²) in [7, 11) is 4.55. The number of ether oxygens (including phenoxy) is 3. The van der Waals surface area contributed by atoms with Gasteiger partial charge in [-0.15, -0.1) is 0 Å². The summed E-state index contributed by atoms with van der Waals surface area (Å²) in [6.07, 6.45) is 1.49. The molecule has 3 aromatic rings. The number of rotatable bonds is 7. The molecule has 0 saturated carbocycles. The van der Waals surface area contributed by atoms with Gasteiger partial charge in [0.2, 0.25) is 0 Å². The third kappa shape index (κ3) is 4.03. The average molecular weight is 449 g/mol. The van der Waals surface area contributed by atoms with Gasteiger partial charge < -0.3 is 28.6 Å². The van der Waals surface area contributed by atoms with Crippen LogP contribution in [0.5, 0.6) is 17.2 Å². The Morgan fingerprint density at radius 2 is 1.67 bits per heavy atom. The van der Waals surface area contributed by atoms with Gasteiger partial charge in [-0.1, -0.05) is 0 Å². The van der Waals surface area contributed by atoms with Gasteiger partial charge in [-0.25, -0.2) is 0 Å². The second-order valence-electron chi connectivity index (χ2n) is 7.34. The molecule has 2 heterocycles. The summed E-state index contributed by atoms with van der Waals surface area (Å²) >= 11 is 0. The summed E-state index contributed by atoms with van der Waals surface area (Å²) in [6, 6.07) is 14.2. The van der Waals surface area contributed by atoms with Crippen LogP contribution in [0, 0.1) is 0 Å². The molecule has 1 atom stereocenters. The Bertz CT molecular complexity index is 1200. The standard InChI is InChI=1S/C25H23NO7/c1-30-16-8-6-15(7-9-16)23(27)21-22(19-11-10-17(31-2)13-20(19)32-3)26(25(29)24(21)28)14-18-5-4-12-33-18/h4-13,22,27H,14H2,1-3H3/b23-21+/t22-/m0/s1. The van der Waals surface area contributed by atoms with E-state index in [0.717, 1.165) is 0 Å². The van der Waals surface area contributed by atoms with E-state index in [0.29, 0.717) is 34.1 Å². The number of carbonyl (C=O) groups excluding carboxylic acids is 2. The van der Waals surface area contributed by atoms with Gasteiger partial charge in [0.1, 0.15) is 28.8 Å². The Morgan fingerprint density at radius 3 is 2.27 bits per heavy atom. The number of ketones is 1. The zero-order valence-corrected chi connectivity index (χ0v) is 18.4. The van der Waals surface area contributed by atoms with Crippen LogP contribution in [0.4, 0.5) is 0 Å². The minimum Gasteiger partial charge on any atom is -0.507 e. The van der Waals surface area contributed by atoms with Gasteiger partial charge in [0.15, 0.2) is 0 Å². The molecule has 1 fully saturated rings. The Labute approximate surface area is 190 Å². The van der Waals surface area contributed by atoms with Crippen LogP contribution in [0.1, 0.15) is 22.9 Å². The molecule has 0 spiro atoms. The highest BCUT2D eigenvalue weighted by Crippen LogP contribution is 2.44. The van der Waals surface area contributed by atoms with Gasteiger partial charge in [-0.2, -0.15) is 0 Å². The summed E-state index contributed by atoms with van der Waals surface area (Å²) in [5.41, 5.74) is 0.864. The van der Waals surface area contributed by atoms with E-state index in [1.807, 2.05) is 0 Å². The smallest absolute Gasteiger partial charge is 0.296 e. The highest BCUT2D eigenvalue weighted by molar-refractivity contribution is 6.46. The molecular formula is C25H23NO7. The molecule has 1 aliphatic rings. The molecule has 8 heteroatoms. The lowest BCUT2D eigenvalue weighted by Crippen LogP contribution is -2.29. The molecule has 1 aromatic heterocycles. The number of Topliss-reactive ketones (excluding diaryl/α,β-unsaturated/α-hetero) is 1. The summed E-state index contributed by atoms with van der Waals surface area (Å²) in [5, 5.41) is 11.2. The average Bonchev–Trinajstić information content (AvgIpc) is 3.45. The zero-order chi connectivity index (χ0) is 23.5. The van der Waals surface area contributed by atoms with Crippen molar-refractivity contribution < 1.29 is 33.3 Å². The quantitative estimate of drug-likeness (QED) is 0.332. The number of carbonyl (C=O) groups is 2. The highest BCUT2D eigenvalue weighted by Gasteiger charge is 2.47. The minimum atomic E-state index is -0.905. The largest absolute Gasteiger partial charge is 0.507 e. The fraction of sp³-hybridized carbons (Fsp3) is 0.200. The van der Waals surface area contributed by atoms with E-state index < -0.39 is 17.7 Å². The molecule has 0 bridgehead atoms. The zero-order valence-electron chi connectivity index (χ0n) is 18.4. The van der Waals surface area contributed by atoms with Crippen LogP contribution in [0.25, 0.3) is 5.76 Å². The van der Waals surface area contributed by atoms with E-state index in [2.05, 4.69) is 0 Å². The number of likely N-dealkylation sites (tertiary alicyclic amines) is 1. The first-order valence-electron chi connectivity index (χ1n) is 10.2.